The Morgan fingerprint density at radius 1 is 0.341 bits per heavy atom. The van der Waals surface area contributed by atoms with E-state index in [2.05, 4.69) is 49.8 Å². The van der Waals surface area contributed by atoms with Crippen LogP contribution < -0.4 is 0 Å². The molecule has 0 N–H and O–H groups in total. The summed E-state index contributed by atoms with van der Waals surface area (Å²) in [6.07, 6.45) is 0. The van der Waals surface area contributed by atoms with Crippen molar-refractivity contribution in [3.8, 4) is 0 Å². The number of alkyl halides is 1. The smallest absolute Gasteiger partial charge is 0.192 e. The molecule has 0 radical (unpaired) electrons. The lowest BCUT2D eigenvalue weighted by Crippen LogP contribution is -2.41. The van der Waals surface area contributed by atoms with Crippen molar-refractivity contribution in [1.82, 2.24) is 0 Å². The van der Waals surface area contributed by atoms with E-state index in [1.807, 2.05) is 0 Å². The van der Waals surface area contributed by atoms with Gasteiger partial charge in [-0.2, -0.15) is 0 Å². The molecule has 0 saturated carbocycles. The molecule has 0 amide bonds. The van der Waals surface area contributed by atoms with Gasteiger partial charge in [0, 0.05) is 5.33 Å². The molecule has 0 bridgehead atoms. The Balaban J connectivity index is 3.12. The third kappa shape index (κ3) is 32.2. The first-order chi connectivity index (χ1) is 21.3. The monoisotopic (exact) mass is 722 g/mol. The van der Waals surface area contributed by atoms with Gasteiger partial charge in [0.2, 0.25) is 0 Å². The van der Waals surface area contributed by atoms with Crippen LogP contribution in [0, 0.1) is 0 Å². The summed E-state index contributed by atoms with van der Waals surface area (Å²) in [5, 5.41) is 1.06. The molecule has 0 heterocycles. The molecule has 44 heavy (non-hydrogen) atoms. The molecule has 0 fully saturated rings. The van der Waals surface area contributed by atoms with Gasteiger partial charge in [0.1, 0.15) is 0 Å². The van der Waals surface area contributed by atoms with Gasteiger partial charge in [-0.25, -0.2) is 0 Å². The highest BCUT2D eigenvalue weighted by molar-refractivity contribution is 9.09. The quantitative estimate of drug-likeness (QED) is 0.0536. The van der Waals surface area contributed by atoms with E-state index in [1.165, 1.54) is 0 Å². The van der Waals surface area contributed by atoms with E-state index < -0.39 is 8.32 Å². The summed E-state index contributed by atoms with van der Waals surface area (Å²) in [6, 6.07) is 0. The van der Waals surface area contributed by atoms with Gasteiger partial charge in [-0.3, -0.25) is 0 Å². The lowest BCUT2D eigenvalue weighted by Gasteiger charge is -2.36. The predicted octanol–water partition coefficient (Wildman–Crippen LogP) is 3.59. The molecular formula is C30H63BrO12Si. The van der Waals surface area contributed by atoms with Crippen molar-refractivity contribution in [2.24, 2.45) is 0 Å². The Bertz CT molecular complexity index is 573. The van der Waals surface area contributed by atoms with Crippen LogP contribution in [0.1, 0.15) is 20.8 Å². The fourth-order valence-corrected chi connectivity index (χ4v) is 4.18. The molecule has 0 aromatic rings. The maximum atomic E-state index is 6.08. The van der Waals surface area contributed by atoms with E-state index >= 15 is 0 Å². The summed E-state index contributed by atoms with van der Waals surface area (Å²) < 4.78 is 66.2. The lowest BCUT2D eigenvalue weighted by atomic mass is 10.2. The second-order valence-corrected chi connectivity index (χ2v) is 16.6. The maximum absolute atomic E-state index is 6.08. The minimum Gasteiger partial charge on any atom is -0.414 e. The number of rotatable bonds is 36. The maximum Gasteiger partial charge on any atom is 0.192 e. The summed E-state index contributed by atoms with van der Waals surface area (Å²) in [7, 11) is -1.69. The van der Waals surface area contributed by atoms with E-state index in [1.54, 1.807) is 0 Å². The number of hydrogen-bond acceptors (Lipinski definition) is 12. The van der Waals surface area contributed by atoms with Gasteiger partial charge in [0.15, 0.2) is 8.32 Å². The minimum atomic E-state index is -1.69. The van der Waals surface area contributed by atoms with Gasteiger partial charge in [-0.1, -0.05) is 36.7 Å². The lowest BCUT2D eigenvalue weighted by molar-refractivity contribution is -0.0276. The third-order valence-corrected chi connectivity index (χ3v) is 11.3. The molecule has 0 aliphatic carbocycles. The van der Waals surface area contributed by atoms with Gasteiger partial charge >= 0.3 is 0 Å². The second-order valence-electron chi connectivity index (χ2n) is 11.0. The second kappa shape index (κ2) is 33.1. The van der Waals surface area contributed by atoms with E-state index in [-0.39, 0.29) is 5.04 Å². The standard InChI is InChI=1S/C30H63BrO12Si/c1-30(2,3)44(4,5)43-29-28-42-27-26-41-25-24-40-23-22-39-21-20-38-19-18-37-17-16-36-15-14-35-13-12-34-11-10-33-9-8-32-7-6-31/h6-29H2,1-5H3. The molecule has 12 nitrogen and oxygen atoms in total. The Kier molecular flexibility index (Phi) is 33.3. The van der Waals surface area contributed by atoms with Crippen LogP contribution in [-0.4, -0.2) is 166 Å². The van der Waals surface area contributed by atoms with E-state index in [0.717, 1.165) is 5.33 Å². The molecule has 14 heteroatoms. The highest BCUT2D eigenvalue weighted by atomic mass is 79.9. The molecule has 0 atom stereocenters. The molecule has 0 aliphatic heterocycles. The number of ether oxygens (including phenoxy) is 11. The van der Waals surface area contributed by atoms with Gasteiger partial charge in [0.25, 0.3) is 0 Å². The molecule has 0 spiro atoms. The zero-order valence-corrected chi connectivity index (χ0v) is 30.8. The third-order valence-electron chi connectivity index (χ3n) is 6.44. The van der Waals surface area contributed by atoms with Crippen LogP contribution in [0.15, 0.2) is 0 Å². The summed E-state index contributed by atoms with van der Waals surface area (Å²) in [6.45, 7) is 23.9. The van der Waals surface area contributed by atoms with E-state index in [9.17, 15) is 0 Å². The summed E-state index contributed by atoms with van der Waals surface area (Å²) in [5.74, 6) is 0. The normalized spacial score (nSPS) is 12.4. The largest absolute Gasteiger partial charge is 0.414 e. The zero-order valence-electron chi connectivity index (χ0n) is 28.2. The first-order valence-corrected chi connectivity index (χ1v) is 19.9. The van der Waals surface area contributed by atoms with Gasteiger partial charge in [-0.15, -0.1) is 0 Å². The van der Waals surface area contributed by atoms with Crippen LogP contribution in [0.25, 0.3) is 0 Å². The van der Waals surface area contributed by atoms with E-state index in [4.69, 9.17) is 56.5 Å². The molecule has 0 saturated heterocycles. The molecule has 0 rings (SSSR count). The van der Waals surface area contributed by atoms with Crippen molar-refractivity contribution in [3.05, 3.63) is 0 Å². The first kappa shape index (κ1) is 44.2. The summed E-state index contributed by atoms with van der Waals surface area (Å²) in [5.41, 5.74) is 0. The Labute approximate surface area is 276 Å². The van der Waals surface area contributed by atoms with Gasteiger partial charge in [-0.05, 0) is 18.1 Å². The van der Waals surface area contributed by atoms with Crippen molar-refractivity contribution in [2.75, 3.05) is 157 Å². The van der Waals surface area contributed by atoms with Crippen LogP contribution in [0.4, 0.5) is 0 Å². The highest BCUT2D eigenvalue weighted by Gasteiger charge is 2.36. The summed E-state index contributed by atoms with van der Waals surface area (Å²) >= 11 is 3.30. The van der Waals surface area contributed by atoms with Gasteiger partial charge < -0.3 is 56.5 Å². The van der Waals surface area contributed by atoms with Gasteiger partial charge in [0.05, 0.1) is 152 Å². The molecule has 266 valence electrons. The fourth-order valence-electron chi connectivity index (χ4n) is 2.93. The van der Waals surface area contributed by atoms with Crippen molar-refractivity contribution in [1.29, 1.82) is 0 Å². The van der Waals surface area contributed by atoms with Crippen LogP contribution in [-0.2, 0) is 56.5 Å². The molecule has 0 aromatic carbocycles. The molecule has 0 unspecified atom stereocenters. The van der Waals surface area contributed by atoms with Crippen molar-refractivity contribution >= 4 is 24.2 Å². The SMILES string of the molecule is CC(C)(C)[Si](C)(C)OCCOCCOCCOCCOCCOCCOCCOCCOCCOCCOCCOCCBr. The predicted molar refractivity (Wildman–Crippen MR) is 176 cm³/mol. The Hall–Kier alpha value is 0.217. The van der Waals surface area contributed by atoms with Crippen molar-refractivity contribution in [2.45, 2.75) is 38.9 Å². The topological polar surface area (TPSA) is 111 Å². The molecular weight excluding hydrogens is 660 g/mol. The van der Waals surface area contributed by atoms with Crippen molar-refractivity contribution in [3.63, 3.8) is 0 Å². The average Bonchev–Trinajstić information content (AvgIpc) is 2.98. The Morgan fingerprint density at radius 3 is 0.705 bits per heavy atom. The molecule has 0 aliphatic rings. The molecule has 0 aromatic heterocycles. The van der Waals surface area contributed by atoms with E-state index in [0.29, 0.717) is 152 Å². The first-order valence-electron chi connectivity index (χ1n) is 15.9. The van der Waals surface area contributed by atoms with Crippen LogP contribution in [0.3, 0.4) is 0 Å². The zero-order chi connectivity index (χ0) is 32.5. The van der Waals surface area contributed by atoms with Crippen LogP contribution >= 0.6 is 15.9 Å². The highest BCUT2D eigenvalue weighted by Crippen LogP contribution is 2.36. The fraction of sp³-hybridized carbons (Fsp3) is 1.00. The van der Waals surface area contributed by atoms with Crippen molar-refractivity contribution < 1.29 is 56.5 Å². The minimum absolute atomic E-state index is 0.219. The summed E-state index contributed by atoms with van der Waals surface area (Å²) in [4.78, 5) is 0. The average molecular weight is 724 g/mol. The van der Waals surface area contributed by atoms with Crippen LogP contribution in [0.5, 0.6) is 0 Å². The number of halogens is 1. The van der Waals surface area contributed by atoms with Crippen LogP contribution in [0.2, 0.25) is 18.1 Å². The number of hydrogen-bond donors (Lipinski definition) is 0. The Morgan fingerprint density at radius 2 is 0.523 bits per heavy atom.